The van der Waals surface area contributed by atoms with E-state index in [0.717, 1.165) is 50.9 Å². The highest BCUT2D eigenvalue weighted by atomic mass is 35.5. The number of rotatable bonds is 5. The maximum Gasteiger partial charge on any atom is 0.407 e. The van der Waals surface area contributed by atoms with Gasteiger partial charge in [0, 0.05) is 31.9 Å². The molecule has 146 valence electrons. The molecule has 0 bridgehead atoms. The monoisotopic (exact) mass is 390 g/mol. The lowest BCUT2D eigenvalue weighted by molar-refractivity contribution is 0.133. The van der Waals surface area contributed by atoms with Crippen LogP contribution in [-0.2, 0) is 5.41 Å². The summed E-state index contributed by atoms with van der Waals surface area (Å²) < 4.78 is 0. The smallest absolute Gasteiger partial charge is 0.407 e. The molecular formula is C20H27ClN4O2. The first kappa shape index (κ1) is 19.9. The van der Waals surface area contributed by atoms with Crippen molar-refractivity contribution in [2.45, 2.75) is 50.5 Å². The molecule has 0 radical (unpaired) electrons. The average molecular weight is 391 g/mol. The zero-order valence-electron chi connectivity index (χ0n) is 15.8. The van der Waals surface area contributed by atoms with E-state index in [9.17, 15) is 15.2 Å². The molecule has 1 N–H and O–H groups in total. The van der Waals surface area contributed by atoms with Crippen LogP contribution in [0.3, 0.4) is 0 Å². The van der Waals surface area contributed by atoms with Crippen LogP contribution in [0.2, 0.25) is 5.02 Å². The standard InChI is InChI=1S/C20H27ClN4O2/c1-2-24(19(26)27)12-15-7-10-25(13-15)17-5-8-20(14-22,9-6-17)18-4-3-16(21)11-23-18/h3-4,11,15,17H,2,5-10,12-13H2,1H3,(H,26,27)/t15-,17?,20?/m0/s1. The summed E-state index contributed by atoms with van der Waals surface area (Å²) in [4.78, 5) is 19.6. The summed E-state index contributed by atoms with van der Waals surface area (Å²) in [6.45, 7) is 5.01. The third kappa shape index (κ3) is 4.36. The van der Waals surface area contributed by atoms with E-state index in [0.29, 0.717) is 30.1 Å². The van der Waals surface area contributed by atoms with Crippen LogP contribution in [-0.4, -0.2) is 58.2 Å². The second kappa shape index (κ2) is 8.45. The minimum atomic E-state index is -0.831. The number of amides is 1. The Balaban J connectivity index is 1.57. The summed E-state index contributed by atoms with van der Waals surface area (Å²) in [6, 6.07) is 6.68. The average Bonchev–Trinajstić information content (AvgIpc) is 3.15. The number of hydrogen-bond donors (Lipinski definition) is 1. The van der Waals surface area contributed by atoms with E-state index in [1.54, 1.807) is 6.20 Å². The summed E-state index contributed by atoms with van der Waals surface area (Å²) in [7, 11) is 0. The van der Waals surface area contributed by atoms with Crippen molar-refractivity contribution < 1.29 is 9.90 Å². The van der Waals surface area contributed by atoms with Crippen LogP contribution in [0.4, 0.5) is 4.79 Å². The molecule has 0 unspecified atom stereocenters. The molecule has 0 spiro atoms. The van der Waals surface area contributed by atoms with Gasteiger partial charge in [-0.05, 0) is 63.6 Å². The Morgan fingerprint density at radius 2 is 2.19 bits per heavy atom. The second-order valence-corrected chi connectivity index (χ2v) is 8.19. The van der Waals surface area contributed by atoms with E-state index in [-0.39, 0.29) is 0 Å². The Labute approximate surface area is 165 Å². The van der Waals surface area contributed by atoms with Crippen molar-refractivity contribution >= 4 is 17.7 Å². The number of halogens is 1. The quantitative estimate of drug-likeness (QED) is 0.827. The molecule has 1 aromatic rings. The van der Waals surface area contributed by atoms with Crippen LogP contribution >= 0.6 is 11.6 Å². The fourth-order valence-corrected chi connectivity index (χ4v) is 4.65. The number of pyridine rings is 1. The third-order valence-electron chi connectivity index (χ3n) is 6.20. The van der Waals surface area contributed by atoms with E-state index in [1.165, 1.54) is 4.90 Å². The van der Waals surface area contributed by atoms with Gasteiger partial charge in [-0.3, -0.25) is 4.98 Å². The molecule has 2 fully saturated rings. The topological polar surface area (TPSA) is 80.5 Å². The molecular weight excluding hydrogens is 364 g/mol. The molecule has 2 heterocycles. The van der Waals surface area contributed by atoms with Gasteiger partial charge in [0.05, 0.1) is 22.2 Å². The summed E-state index contributed by atoms with van der Waals surface area (Å²) in [5, 5.41) is 19.7. The van der Waals surface area contributed by atoms with Crippen LogP contribution < -0.4 is 0 Å². The van der Waals surface area contributed by atoms with Crippen molar-refractivity contribution in [3.05, 3.63) is 29.0 Å². The second-order valence-electron chi connectivity index (χ2n) is 7.76. The van der Waals surface area contributed by atoms with Crippen LogP contribution in [0.1, 0.15) is 44.7 Å². The van der Waals surface area contributed by atoms with Crippen molar-refractivity contribution in [2.75, 3.05) is 26.2 Å². The first-order valence-electron chi connectivity index (χ1n) is 9.72. The minimum Gasteiger partial charge on any atom is -0.465 e. The van der Waals surface area contributed by atoms with Crippen molar-refractivity contribution in [3.63, 3.8) is 0 Å². The Morgan fingerprint density at radius 1 is 1.44 bits per heavy atom. The predicted octanol–water partition coefficient (Wildman–Crippen LogP) is 3.76. The zero-order valence-corrected chi connectivity index (χ0v) is 16.5. The molecule has 2 aliphatic rings. The summed E-state index contributed by atoms with van der Waals surface area (Å²) >= 11 is 5.94. The molecule has 1 aliphatic carbocycles. The predicted molar refractivity (Wildman–Crippen MR) is 104 cm³/mol. The highest BCUT2D eigenvalue weighted by Crippen LogP contribution is 2.40. The lowest BCUT2D eigenvalue weighted by atomic mass is 9.71. The molecule has 27 heavy (non-hydrogen) atoms. The first-order valence-corrected chi connectivity index (χ1v) is 10.1. The van der Waals surface area contributed by atoms with Gasteiger partial charge < -0.3 is 14.9 Å². The van der Waals surface area contributed by atoms with Crippen LogP contribution in [0.15, 0.2) is 18.3 Å². The molecule has 7 heteroatoms. The maximum atomic E-state index is 11.2. The van der Waals surface area contributed by atoms with Gasteiger partial charge in [0.25, 0.3) is 0 Å². The largest absolute Gasteiger partial charge is 0.465 e. The highest BCUT2D eigenvalue weighted by Gasteiger charge is 2.41. The molecule has 1 saturated heterocycles. The minimum absolute atomic E-state index is 0.404. The highest BCUT2D eigenvalue weighted by molar-refractivity contribution is 6.30. The van der Waals surface area contributed by atoms with Crippen LogP contribution in [0.5, 0.6) is 0 Å². The molecule has 3 rings (SSSR count). The van der Waals surface area contributed by atoms with E-state index in [4.69, 9.17) is 11.6 Å². The third-order valence-corrected chi connectivity index (χ3v) is 6.43. The molecule has 1 amide bonds. The molecule has 1 saturated carbocycles. The lowest BCUT2D eigenvalue weighted by Gasteiger charge is -2.38. The Hall–Kier alpha value is -1.84. The van der Waals surface area contributed by atoms with Crippen LogP contribution in [0, 0.1) is 17.2 Å². The van der Waals surface area contributed by atoms with Gasteiger partial charge in [0.2, 0.25) is 0 Å². The summed E-state index contributed by atoms with van der Waals surface area (Å²) in [6.07, 6.45) is 5.39. The van der Waals surface area contributed by atoms with E-state index >= 15 is 0 Å². The van der Waals surface area contributed by atoms with Gasteiger partial charge in [-0.15, -0.1) is 0 Å². The maximum absolute atomic E-state index is 11.2. The number of likely N-dealkylation sites (tertiary alicyclic amines) is 1. The SMILES string of the molecule is CCN(C[C@@H]1CCN(C2CCC(C#N)(c3ccc(Cl)cn3)CC2)C1)C(=O)O. The van der Waals surface area contributed by atoms with Gasteiger partial charge in [0.1, 0.15) is 0 Å². The van der Waals surface area contributed by atoms with Crippen molar-refractivity contribution in [1.82, 2.24) is 14.8 Å². The number of carbonyl (C=O) groups is 1. The Morgan fingerprint density at radius 3 is 2.74 bits per heavy atom. The van der Waals surface area contributed by atoms with Gasteiger partial charge in [-0.25, -0.2) is 4.79 Å². The number of aromatic nitrogens is 1. The zero-order chi connectivity index (χ0) is 19.4. The number of nitrogens with zero attached hydrogens (tertiary/aromatic N) is 4. The first-order chi connectivity index (χ1) is 13.0. The van der Waals surface area contributed by atoms with Gasteiger partial charge >= 0.3 is 6.09 Å². The normalized spacial score (nSPS) is 28.6. The van der Waals surface area contributed by atoms with Gasteiger partial charge in [-0.1, -0.05) is 11.6 Å². The molecule has 1 atom stereocenters. The number of hydrogen-bond acceptors (Lipinski definition) is 4. The number of nitriles is 1. The summed E-state index contributed by atoms with van der Waals surface area (Å²) in [5.74, 6) is 0.404. The van der Waals surface area contributed by atoms with Crippen LogP contribution in [0.25, 0.3) is 0 Å². The Kier molecular flexibility index (Phi) is 6.23. The molecule has 1 aliphatic heterocycles. The van der Waals surface area contributed by atoms with Gasteiger partial charge in [0.15, 0.2) is 0 Å². The molecule has 0 aromatic carbocycles. The number of carboxylic acid groups (broad SMARTS) is 1. The van der Waals surface area contributed by atoms with E-state index in [2.05, 4.69) is 16.0 Å². The van der Waals surface area contributed by atoms with Crippen molar-refractivity contribution in [2.24, 2.45) is 5.92 Å². The van der Waals surface area contributed by atoms with Crippen molar-refractivity contribution in [1.29, 1.82) is 5.26 Å². The van der Waals surface area contributed by atoms with Crippen molar-refractivity contribution in [3.8, 4) is 6.07 Å². The Bertz CT molecular complexity index is 695. The fraction of sp³-hybridized carbons (Fsp3) is 0.650. The summed E-state index contributed by atoms with van der Waals surface area (Å²) in [5.41, 5.74) is 0.315. The van der Waals surface area contributed by atoms with E-state index in [1.807, 2.05) is 19.1 Å². The lowest BCUT2D eigenvalue weighted by Crippen LogP contribution is -2.42. The van der Waals surface area contributed by atoms with E-state index < -0.39 is 11.5 Å². The fourth-order valence-electron chi connectivity index (χ4n) is 4.54. The molecule has 1 aromatic heterocycles. The van der Waals surface area contributed by atoms with Gasteiger partial charge in [-0.2, -0.15) is 5.26 Å². The molecule has 6 nitrogen and oxygen atoms in total.